The van der Waals surface area contributed by atoms with Gasteiger partial charge in [-0.05, 0) is 25.5 Å². The zero-order chi connectivity index (χ0) is 21.1. The lowest BCUT2D eigenvalue weighted by Crippen LogP contribution is -2.33. The number of halogens is 4. The maximum absolute atomic E-state index is 13.6. The molecule has 0 saturated heterocycles. The van der Waals surface area contributed by atoms with Gasteiger partial charge in [-0.1, -0.05) is 18.2 Å². The second kappa shape index (κ2) is 8.68. The van der Waals surface area contributed by atoms with Crippen LogP contribution in [-0.2, 0) is 25.2 Å². The Bertz CT molecular complexity index is 846. The van der Waals surface area contributed by atoms with E-state index in [4.69, 9.17) is 21.1 Å². The van der Waals surface area contributed by atoms with Gasteiger partial charge in [0.1, 0.15) is 6.61 Å². The van der Waals surface area contributed by atoms with Crippen molar-refractivity contribution in [1.29, 1.82) is 0 Å². The largest absolute Gasteiger partial charge is 0.466 e. The molecule has 0 radical (unpaired) electrons. The maximum atomic E-state index is 13.6. The van der Waals surface area contributed by atoms with Gasteiger partial charge in [-0.2, -0.15) is 13.2 Å². The molecule has 0 saturated carbocycles. The van der Waals surface area contributed by atoms with Crippen LogP contribution in [0.15, 0.2) is 46.8 Å². The van der Waals surface area contributed by atoms with Crippen LogP contribution in [0.25, 0.3) is 0 Å². The summed E-state index contributed by atoms with van der Waals surface area (Å²) in [5, 5.41) is 2.85. The van der Waals surface area contributed by atoms with E-state index in [1.807, 2.05) is 0 Å². The number of esters is 2. The third kappa shape index (κ3) is 4.32. The fraction of sp³-hybridized carbons (Fsp3) is 0.368. The van der Waals surface area contributed by atoms with Gasteiger partial charge in [0.15, 0.2) is 0 Å². The summed E-state index contributed by atoms with van der Waals surface area (Å²) in [5.74, 6) is -2.99. The van der Waals surface area contributed by atoms with Crippen LogP contribution in [0.4, 0.5) is 13.2 Å². The summed E-state index contributed by atoms with van der Waals surface area (Å²) in [7, 11) is 1.12. The SMILES string of the molecule is COC(=O)C1=C(C)NC(C)=C(C(=O)OCCCl)C1c1ccccc1C(F)(F)F. The minimum absolute atomic E-state index is 0.0219. The Morgan fingerprint density at radius 3 is 2.21 bits per heavy atom. The first-order valence-corrected chi connectivity index (χ1v) is 8.83. The second-order valence-corrected chi connectivity index (χ2v) is 6.41. The fourth-order valence-electron chi connectivity index (χ4n) is 3.17. The van der Waals surface area contributed by atoms with Crippen molar-refractivity contribution in [2.75, 3.05) is 19.6 Å². The van der Waals surface area contributed by atoms with E-state index in [2.05, 4.69) is 5.32 Å². The number of allylic oxidation sites excluding steroid dienone is 2. The Kier molecular flexibility index (Phi) is 6.77. The van der Waals surface area contributed by atoms with E-state index in [1.54, 1.807) is 0 Å². The molecule has 1 atom stereocenters. The minimum Gasteiger partial charge on any atom is -0.466 e. The number of hydrogen-bond donors (Lipinski definition) is 1. The average Bonchev–Trinajstić information content (AvgIpc) is 2.64. The van der Waals surface area contributed by atoms with E-state index in [-0.39, 0.29) is 34.9 Å². The standard InChI is InChI=1S/C19H19ClF3NO4/c1-10-14(17(25)27-3)16(12-6-4-5-7-13(12)19(21,22)23)15(11(2)24-10)18(26)28-9-8-20/h4-7,16,24H,8-9H2,1-3H3. The number of carbonyl (C=O) groups is 2. The smallest absolute Gasteiger partial charge is 0.416 e. The number of methoxy groups -OCH3 is 1. The molecule has 0 aromatic heterocycles. The monoisotopic (exact) mass is 417 g/mol. The van der Waals surface area contributed by atoms with Gasteiger partial charge >= 0.3 is 18.1 Å². The number of hydrogen-bond acceptors (Lipinski definition) is 5. The number of dihydropyridines is 1. The molecule has 1 aromatic carbocycles. The summed E-state index contributed by atoms with van der Waals surface area (Å²) < 4.78 is 50.7. The highest BCUT2D eigenvalue weighted by Crippen LogP contribution is 2.44. The van der Waals surface area contributed by atoms with Gasteiger partial charge in [0.05, 0.1) is 35.6 Å². The number of nitrogens with one attached hydrogen (secondary N) is 1. The predicted octanol–water partition coefficient (Wildman–Crippen LogP) is 3.90. The van der Waals surface area contributed by atoms with Crippen molar-refractivity contribution in [3.05, 3.63) is 57.9 Å². The van der Waals surface area contributed by atoms with Crippen LogP contribution >= 0.6 is 11.6 Å². The van der Waals surface area contributed by atoms with Crippen molar-refractivity contribution in [2.45, 2.75) is 25.9 Å². The van der Waals surface area contributed by atoms with Gasteiger partial charge in [-0.25, -0.2) is 9.59 Å². The normalized spacial score (nSPS) is 17.3. The number of benzene rings is 1. The minimum atomic E-state index is -4.68. The Hall–Kier alpha value is -2.48. The molecule has 1 unspecified atom stereocenters. The van der Waals surface area contributed by atoms with Gasteiger partial charge in [0, 0.05) is 11.4 Å². The van der Waals surface area contributed by atoms with Crippen molar-refractivity contribution in [2.24, 2.45) is 0 Å². The highest BCUT2D eigenvalue weighted by atomic mass is 35.5. The molecule has 0 spiro atoms. The molecule has 0 amide bonds. The summed E-state index contributed by atoms with van der Waals surface area (Å²) in [6, 6.07) is 4.79. The predicted molar refractivity (Wildman–Crippen MR) is 96.4 cm³/mol. The van der Waals surface area contributed by atoms with Gasteiger partial charge in [0.2, 0.25) is 0 Å². The third-order valence-electron chi connectivity index (χ3n) is 4.27. The number of rotatable bonds is 5. The highest BCUT2D eigenvalue weighted by Gasteiger charge is 2.43. The van der Waals surface area contributed by atoms with Crippen LogP contribution in [0.2, 0.25) is 0 Å². The van der Waals surface area contributed by atoms with Crippen molar-refractivity contribution in [1.82, 2.24) is 5.32 Å². The summed E-state index contributed by atoms with van der Waals surface area (Å²) in [5.41, 5.74) is -0.817. The first-order valence-electron chi connectivity index (χ1n) is 8.29. The molecule has 1 heterocycles. The van der Waals surface area contributed by atoms with E-state index in [0.717, 1.165) is 13.2 Å². The number of ether oxygens (including phenoxy) is 2. The molecule has 0 bridgehead atoms. The fourth-order valence-corrected chi connectivity index (χ4v) is 3.25. The lowest BCUT2D eigenvalue weighted by Gasteiger charge is -2.31. The average molecular weight is 418 g/mol. The van der Waals surface area contributed by atoms with Crippen LogP contribution in [-0.4, -0.2) is 31.5 Å². The molecular formula is C19H19ClF3NO4. The topological polar surface area (TPSA) is 64.6 Å². The Labute approximate surface area is 165 Å². The number of alkyl halides is 4. The summed E-state index contributed by atoms with van der Waals surface area (Å²) in [4.78, 5) is 25.1. The molecule has 28 heavy (non-hydrogen) atoms. The Morgan fingerprint density at radius 2 is 1.68 bits per heavy atom. The first-order chi connectivity index (χ1) is 13.1. The molecule has 1 aromatic rings. The van der Waals surface area contributed by atoms with E-state index >= 15 is 0 Å². The molecule has 152 valence electrons. The summed E-state index contributed by atoms with van der Waals surface area (Å²) in [6.45, 7) is 2.93. The van der Waals surface area contributed by atoms with Crippen LogP contribution < -0.4 is 5.32 Å². The Balaban J connectivity index is 2.75. The molecule has 2 rings (SSSR count). The number of carbonyl (C=O) groups excluding carboxylic acids is 2. The van der Waals surface area contributed by atoms with Crippen LogP contribution in [0.5, 0.6) is 0 Å². The maximum Gasteiger partial charge on any atom is 0.416 e. The lowest BCUT2D eigenvalue weighted by molar-refractivity contribution is -0.141. The van der Waals surface area contributed by atoms with Gasteiger partial charge in [-0.3, -0.25) is 0 Å². The first kappa shape index (κ1) is 21.8. The van der Waals surface area contributed by atoms with Crippen molar-refractivity contribution < 1.29 is 32.2 Å². The zero-order valence-corrected chi connectivity index (χ0v) is 16.2. The Morgan fingerprint density at radius 1 is 1.11 bits per heavy atom. The summed E-state index contributed by atoms with van der Waals surface area (Å²) in [6.07, 6.45) is -4.68. The quantitative estimate of drug-likeness (QED) is 0.581. The van der Waals surface area contributed by atoms with Gasteiger partial charge in [-0.15, -0.1) is 11.6 Å². The molecular weight excluding hydrogens is 399 g/mol. The van der Waals surface area contributed by atoms with E-state index in [0.29, 0.717) is 5.70 Å². The van der Waals surface area contributed by atoms with Gasteiger partial charge < -0.3 is 14.8 Å². The molecule has 0 fully saturated rings. The molecule has 1 aliphatic rings. The molecule has 5 nitrogen and oxygen atoms in total. The summed E-state index contributed by atoms with van der Waals surface area (Å²) >= 11 is 5.54. The second-order valence-electron chi connectivity index (χ2n) is 6.04. The van der Waals surface area contributed by atoms with Crippen molar-refractivity contribution in [3.8, 4) is 0 Å². The molecule has 9 heteroatoms. The van der Waals surface area contributed by atoms with Crippen molar-refractivity contribution >= 4 is 23.5 Å². The van der Waals surface area contributed by atoms with E-state index < -0.39 is 29.6 Å². The highest BCUT2D eigenvalue weighted by molar-refractivity contribution is 6.18. The van der Waals surface area contributed by atoms with Crippen molar-refractivity contribution in [3.63, 3.8) is 0 Å². The van der Waals surface area contributed by atoms with Crippen LogP contribution in [0.1, 0.15) is 30.9 Å². The third-order valence-corrected chi connectivity index (χ3v) is 4.43. The van der Waals surface area contributed by atoms with E-state index in [1.165, 1.54) is 32.0 Å². The van der Waals surface area contributed by atoms with E-state index in [9.17, 15) is 22.8 Å². The lowest BCUT2D eigenvalue weighted by atomic mass is 9.78. The van der Waals surface area contributed by atoms with Crippen LogP contribution in [0, 0.1) is 0 Å². The van der Waals surface area contributed by atoms with Crippen LogP contribution in [0.3, 0.4) is 0 Å². The molecule has 1 aliphatic heterocycles. The molecule has 0 aliphatic carbocycles. The molecule has 1 N–H and O–H groups in total. The zero-order valence-electron chi connectivity index (χ0n) is 15.4. The van der Waals surface area contributed by atoms with Gasteiger partial charge in [0.25, 0.3) is 0 Å².